The van der Waals surface area contributed by atoms with Crippen molar-refractivity contribution in [3.05, 3.63) is 29.6 Å². The molecule has 0 spiro atoms. The first-order valence-corrected chi connectivity index (χ1v) is 8.43. The van der Waals surface area contributed by atoms with E-state index in [1.165, 1.54) is 6.20 Å². The van der Waals surface area contributed by atoms with E-state index in [-0.39, 0.29) is 11.8 Å². The highest BCUT2D eigenvalue weighted by molar-refractivity contribution is 5.98. The molecule has 7 heteroatoms. The summed E-state index contributed by atoms with van der Waals surface area (Å²) in [6.07, 6.45) is 5.52. The first kappa shape index (κ1) is 16.4. The molecule has 0 atom stereocenters. The summed E-state index contributed by atoms with van der Waals surface area (Å²) in [4.78, 5) is 45.2. The number of carbonyl (C=O) groups excluding carboxylic acids is 3. The number of hydrogen-bond acceptors (Lipinski definition) is 4. The van der Waals surface area contributed by atoms with Crippen LogP contribution in [0.3, 0.4) is 0 Å². The van der Waals surface area contributed by atoms with Crippen molar-refractivity contribution in [3.8, 4) is 0 Å². The van der Waals surface area contributed by atoms with Crippen LogP contribution >= 0.6 is 0 Å². The predicted molar refractivity (Wildman–Crippen MR) is 87.5 cm³/mol. The molecule has 1 aromatic heterocycles. The average molecular weight is 330 g/mol. The number of likely N-dealkylation sites (tertiary alicyclic amines) is 1. The Morgan fingerprint density at radius 2 is 1.58 bits per heavy atom. The van der Waals surface area contributed by atoms with Gasteiger partial charge in [0, 0.05) is 51.0 Å². The van der Waals surface area contributed by atoms with Crippen molar-refractivity contribution in [1.29, 1.82) is 0 Å². The number of piperidine rings is 1. The molecule has 24 heavy (non-hydrogen) atoms. The van der Waals surface area contributed by atoms with Gasteiger partial charge in [-0.05, 0) is 31.4 Å². The molecular weight excluding hydrogens is 308 g/mol. The van der Waals surface area contributed by atoms with E-state index in [1.807, 2.05) is 4.90 Å². The Kier molecular flexibility index (Phi) is 5.08. The fraction of sp³-hybridized carbons (Fsp3) is 0.529. The maximum absolute atomic E-state index is 12.6. The van der Waals surface area contributed by atoms with Gasteiger partial charge in [-0.25, -0.2) is 0 Å². The summed E-state index contributed by atoms with van der Waals surface area (Å²) in [6.45, 7) is 3.61. The van der Waals surface area contributed by atoms with Crippen LogP contribution in [0.4, 0.5) is 0 Å². The molecule has 3 heterocycles. The molecule has 128 valence electrons. The Morgan fingerprint density at radius 1 is 0.917 bits per heavy atom. The Balaban J connectivity index is 1.69. The zero-order chi connectivity index (χ0) is 16.9. The zero-order valence-corrected chi connectivity index (χ0v) is 13.7. The quantitative estimate of drug-likeness (QED) is 0.762. The average Bonchev–Trinajstić information content (AvgIpc) is 2.67. The number of piperazine rings is 1. The molecule has 3 amide bonds. The van der Waals surface area contributed by atoms with Crippen LogP contribution in [-0.4, -0.2) is 77.2 Å². The number of aromatic nitrogens is 1. The molecule has 3 rings (SSSR count). The van der Waals surface area contributed by atoms with Gasteiger partial charge < -0.3 is 14.7 Å². The van der Waals surface area contributed by atoms with Crippen LogP contribution in [0.15, 0.2) is 18.3 Å². The summed E-state index contributed by atoms with van der Waals surface area (Å²) in [5.74, 6) is -0.217. The van der Waals surface area contributed by atoms with Gasteiger partial charge >= 0.3 is 0 Å². The molecular formula is C17H22N4O3. The maximum Gasteiger partial charge on any atom is 0.272 e. The van der Waals surface area contributed by atoms with Gasteiger partial charge in [-0.2, -0.15) is 0 Å². The molecule has 2 aliphatic heterocycles. The van der Waals surface area contributed by atoms with Crippen LogP contribution in [-0.2, 0) is 4.79 Å². The molecule has 0 aliphatic carbocycles. The van der Waals surface area contributed by atoms with E-state index in [0.29, 0.717) is 37.4 Å². The first-order valence-electron chi connectivity index (χ1n) is 8.43. The molecule has 2 fully saturated rings. The monoisotopic (exact) mass is 330 g/mol. The Hall–Kier alpha value is -2.44. The maximum atomic E-state index is 12.6. The van der Waals surface area contributed by atoms with E-state index in [2.05, 4.69) is 4.98 Å². The molecule has 7 nitrogen and oxygen atoms in total. The topological polar surface area (TPSA) is 73.8 Å². The molecule has 1 aromatic rings. The minimum atomic E-state index is -0.115. The smallest absolute Gasteiger partial charge is 0.272 e. The number of nitrogens with zero attached hydrogens (tertiary/aromatic N) is 4. The highest BCUT2D eigenvalue weighted by Crippen LogP contribution is 2.14. The van der Waals surface area contributed by atoms with E-state index >= 15 is 0 Å². The minimum Gasteiger partial charge on any atom is -0.342 e. The third kappa shape index (κ3) is 3.55. The fourth-order valence-electron chi connectivity index (χ4n) is 3.15. The molecule has 0 aromatic carbocycles. The van der Waals surface area contributed by atoms with Crippen molar-refractivity contribution in [2.75, 3.05) is 39.3 Å². The molecule has 0 unspecified atom stereocenters. The number of pyridine rings is 1. The lowest BCUT2D eigenvalue weighted by Crippen LogP contribution is -2.48. The van der Waals surface area contributed by atoms with Crippen molar-refractivity contribution < 1.29 is 14.4 Å². The van der Waals surface area contributed by atoms with Gasteiger partial charge in [0.2, 0.25) is 6.41 Å². The van der Waals surface area contributed by atoms with Gasteiger partial charge in [0.05, 0.1) is 0 Å². The predicted octanol–water partition coefficient (Wildman–Crippen LogP) is 0.622. The number of hydrogen-bond donors (Lipinski definition) is 0. The van der Waals surface area contributed by atoms with Gasteiger partial charge in [0.25, 0.3) is 11.8 Å². The Morgan fingerprint density at radius 3 is 2.25 bits per heavy atom. The van der Waals surface area contributed by atoms with Crippen molar-refractivity contribution >= 4 is 18.2 Å². The summed E-state index contributed by atoms with van der Waals surface area (Å²) in [6, 6.07) is 3.23. The highest BCUT2D eigenvalue weighted by atomic mass is 16.2. The van der Waals surface area contributed by atoms with Crippen LogP contribution in [0, 0.1) is 0 Å². The van der Waals surface area contributed by atoms with E-state index in [0.717, 1.165) is 38.8 Å². The van der Waals surface area contributed by atoms with Crippen LogP contribution in [0.25, 0.3) is 0 Å². The van der Waals surface area contributed by atoms with Gasteiger partial charge in [-0.15, -0.1) is 0 Å². The Labute approximate surface area is 141 Å². The lowest BCUT2D eigenvalue weighted by atomic mass is 10.1. The minimum absolute atomic E-state index is 0.102. The summed E-state index contributed by atoms with van der Waals surface area (Å²) in [7, 11) is 0. The summed E-state index contributed by atoms with van der Waals surface area (Å²) in [5, 5.41) is 0. The normalized spacial score (nSPS) is 18.4. The molecule has 0 radical (unpaired) electrons. The third-order valence-electron chi connectivity index (χ3n) is 4.62. The van der Waals surface area contributed by atoms with Gasteiger partial charge in [-0.3, -0.25) is 19.4 Å². The van der Waals surface area contributed by atoms with E-state index in [1.54, 1.807) is 21.9 Å². The van der Waals surface area contributed by atoms with Crippen LogP contribution in [0.1, 0.15) is 40.1 Å². The molecule has 0 saturated carbocycles. The van der Waals surface area contributed by atoms with Crippen LogP contribution < -0.4 is 0 Å². The SMILES string of the molecule is O=CN1CCN(C(=O)c2ccnc(C(=O)N3CCCCC3)c2)CC1. The Bertz CT molecular complexity index is 620. The zero-order valence-electron chi connectivity index (χ0n) is 13.7. The lowest BCUT2D eigenvalue weighted by molar-refractivity contribution is -0.119. The van der Waals surface area contributed by atoms with Crippen LogP contribution in [0.5, 0.6) is 0 Å². The van der Waals surface area contributed by atoms with Gasteiger partial charge in [-0.1, -0.05) is 0 Å². The lowest BCUT2D eigenvalue weighted by Gasteiger charge is -2.32. The fourth-order valence-corrected chi connectivity index (χ4v) is 3.15. The second kappa shape index (κ2) is 7.42. The second-order valence-corrected chi connectivity index (χ2v) is 6.22. The van der Waals surface area contributed by atoms with E-state index in [4.69, 9.17) is 0 Å². The highest BCUT2D eigenvalue weighted by Gasteiger charge is 2.24. The van der Waals surface area contributed by atoms with E-state index in [9.17, 15) is 14.4 Å². The van der Waals surface area contributed by atoms with Crippen molar-refractivity contribution in [3.63, 3.8) is 0 Å². The van der Waals surface area contributed by atoms with Crippen molar-refractivity contribution in [1.82, 2.24) is 19.7 Å². The molecule has 2 saturated heterocycles. The summed E-state index contributed by atoms with van der Waals surface area (Å²) < 4.78 is 0. The summed E-state index contributed by atoms with van der Waals surface area (Å²) >= 11 is 0. The van der Waals surface area contributed by atoms with Crippen molar-refractivity contribution in [2.24, 2.45) is 0 Å². The van der Waals surface area contributed by atoms with E-state index < -0.39 is 0 Å². The van der Waals surface area contributed by atoms with Gasteiger partial charge in [0.1, 0.15) is 5.69 Å². The number of rotatable bonds is 3. The molecule has 2 aliphatic rings. The van der Waals surface area contributed by atoms with Gasteiger partial charge in [0.15, 0.2) is 0 Å². The second-order valence-electron chi connectivity index (χ2n) is 6.22. The summed E-state index contributed by atoms with van der Waals surface area (Å²) in [5.41, 5.74) is 0.805. The largest absolute Gasteiger partial charge is 0.342 e. The standard InChI is InChI=1S/C17H22N4O3/c22-13-19-8-10-21(11-9-19)16(23)14-4-5-18-15(12-14)17(24)20-6-2-1-3-7-20/h4-5,12-13H,1-3,6-11H2. The third-order valence-corrected chi connectivity index (χ3v) is 4.62. The van der Waals surface area contributed by atoms with Crippen LogP contribution in [0.2, 0.25) is 0 Å². The number of amides is 3. The first-order chi connectivity index (χ1) is 11.7. The molecule has 0 N–H and O–H groups in total. The number of carbonyl (C=O) groups is 3. The molecule has 0 bridgehead atoms. The van der Waals surface area contributed by atoms with Crippen molar-refractivity contribution in [2.45, 2.75) is 19.3 Å².